The number of benzene rings is 4. The summed E-state index contributed by atoms with van der Waals surface area (Å²) in [6, 6.07) is 31.9. The van der Waals surface area contributed by atoms with Gasteiger partial charge < -0.3 is 29.7 Å². The van der Waals surface area contributed by atoms with Gasteiger partial charge in [0.2, 0.25) is 5.91 Å². The Morgan fingerprint density at radius 1 is 0.870 bits per heavy atom. The molecular formula is C37H39NO7S. The van der Waals surface area contributed by atoms with Crippen LogP contribution >= 0.6 is 11.8 Å². The van der Waals surface area contributed by atoms with Crippen LogP contribution in [-0.4, -0.2) is 41.1 Å². The summed E-state index contributed by atoms with van der Waals surface area (Å²) in [5.74, 6) is 0.482. The van der Waals surface area contributed by atoms with Crippen LogP contribution in [0.4, 0.5) is 0 Å². The van der Waals surface area contributed by atoms with E-state index in [9.17, 15) is 14.7 Å². The number of nitrogens with one attached hydrogen (secondary N) is 1. The number of thioether (sulfide) groups is 1. The van der Waals surface area contributed by atoms with E-state index < -0.39 is 12.3 Å². The lowest BCUT2D eigenvalue weighted by atomic mass is 9.99. The van der Waals surface area contributed by atoms with Crippen molar-refractivity contribution in [3.63, 3.8) is 0 Å². The molecule has 1 fully saturated rings. The molecule has 46 heavy (non-hydrogen) atoms. The second kappa shape index (κ2) is 16.4. The largest absolute Gasteiger partial charge is 0.496 e. The Labute approximate surface area is 273 Å². The topological polar surface area (TPSA) is 114 Å². The summed E-state index contributed by atoms with van der Waals surface area (Å²) in [7, 11) is 1.68. The third-order valence-electron chi connectivity index (χ3n) is 7.81. The van der Waals surface area contributed by atoms with Gasteiger partial charge >= 0.3 is 5.97 Å². The predicted octanol–water partition coefficient (Wildman–Crippen LogP) is 7.06. The normalized spacial score (nSPS) is 17.7. The zero-order chi connectivity index (χ0) is 32.3. The predicted molar refractivity (Wildman–Crippen MR) is 177 cm³/mol. The van der Waals surface area contributed by atoms with Crippen LogP contribution in [0.15, 0.2) is 102 Å². The minimum absolute atomic E-state index is 0.0110. The first-order chi connectivity index (χ1) is 22.4. The van der Waals surface area contributed by atoms with Crippen molar-refractivity contribution >= 4 is 23.6 Å². The van der Waals surface area contributed by atoms with Gasteiger partial charge in [0.15, 0.2) is 6.29 Å². The molecule has 1 saturated heterocycles. The van der Waals surface area contributed by atoms with Gasteiger partial charge in [-0.25, -0.2) is 0 Å². The Hall–Kier alpha value is -4.15. The number of ether oxygens (including phenoxy) is 3. The Morgan fingerprint density at radius 2 is 1.63 bits per heavy atom. The van der Waals surface area contributed by atoms with Crippen LogP contribution in [0.1, 0.15) is 60.3 Å². The summed E-state index contributed by atoms with van der Waals surface area (Å²) in [5.41, 5.74) is 5.72. The number of methoxy groups -OCH3 is 1. The number of hydrogen-bond donors (Lipinski definition) is 3. The molecule has 3 N–H and O–H groups in total. The molecule has 0 saturated carbocycles. The van der Waals surface area contributed by atoms with Crippen molar-refractivity contribution in [2.24, 2.45) is 0 Å². The summed E-state index contributed by atoms with van der Waals surface area (Å²) < 4.78 is 18.7. The van der Waals surface area contributed by atoms with E-state index in [1.165, 1.54) is 0 Å². The number of aliphatic hydroxyl groups excluding tert-OH is 1. The van der Waals surface area contributed by atoms with E-state index >= 15 is 0 Å². The van der Waals surface area contributed by atoms with Gasteiger partial charge in [-0.15, -0.1) is 11.8 Å². The summed E-state index contributed by atoms with van der Waals surface area (Å²) in [6.45, 7) is 0.347. The third kappa shape index (κ3) is 9.20. The fourth-order valence-corrected chi connectivity index (χ4v) is 6.41. The average molecular weight is 642 g/mol. The molecule has 1 aliphatic heterocycles. The van der Waals surface area contributed by atoms with E-state index in [0.29, 0.717) is 19.4 Å². The van der Waals surface area contributed by atoms with E-state index in [1.54, 1.807) is 18.9 Å². The fourth-order valence-electron chi connectivity index (χ4n) is 5.36. The van der Waals surface area contributed by atoms with Crippen LogP contribution in [0.25, 0.3) is 11.1 Å². The van der Waals surface area contributed by atoms with Crippen molar-refractivity contribution in [3.8, 4) is 16.9 Å². The number of rotatable bonds is 14. The maximum absolute atomic E-state index is 12.2. The lowest BCUT2D eigenvalue weighted by Crippen LogP contribution is -2.31. The van der Waals surface area contributed by atoms with Crippen molar-refractivity contribution in [1.82, 2.24) is 5.32 Å². The molecule has 0 spiro atoms. The maximum atomic E-state index is 12.2. The van der Waals surface area contributed by atoms with Crippen molar-refractivity contribution in [2.45, 2.75) is 62.2 Å². The fraction of sp³-hybridized carbons (Fsp3) is 0.297. The SMILES string of the molecule is COc1ccccc1SCC1CC(c2ccc(CO)cc2)OC(c2cccc(-c3cccc(CNC(=O)CCCC(=O)O)c3)c2)O1. The lowest BCUT2D eigenvalue weighted by Gasteiger charge is -2.36. The van der Waals surface area contributed by atoms with Crippen LogP contribution in [0.2, 0.25) is 0 Å². The number of carboxylic acids is 1. The summed E-state index contributed by atoms with van der Waals surface area (Å²) in [4.78, 5) is 23.9. The number of amides is 1. The molecule has 1 heterocycles. The summed E-state index contributed by atoms with van der Waals surface area (Å²) in [5, 5.41) is 21.2. The van der Waals surface area contributed by atoms with Gasteiger partial charge in [0.25, 0.3) is 0 Å². The van der Waals surface area contributed by atoms with E-state index in [4.69, 9.17) is 19.3 Å². The average Bonchev–Trinajstić information content (AvgIpc) is 3.10. The highest BCUT2D eigenvalue weighted by molar-refractivity contribution is 7.99. The molecule has 8 nitrogen and oxygen atoms in total. The van der Waals surface area contributed by atoms with Gasteiger partial charge in [-0.1, -0.05) is 72.8 Å². The second-order valence-corrected chi connectivity index (χ2v) is 12.2. The van der Waals surface area contributed by atoms with Crippen molar-refractivity contribution in [2.75, 3.05) is 12.9 Å². The minimum atomic E-state index is -0.902. The molecular weight excluding hydrogens is 602 g/mol. The molecule has 4 aromatic carbocycles. The number of carbonyl (C=O) groups is 2. The van der Waals surface area contributed by atoms with Gasteiger partial charge in [-0.05, 0) is 58.5 Å². The van der Waals surface area contributed by atoms with Crippen LogP contribution in [0, 0.1) is 0 Å². The lowest BCUT2D eigenvalue weighted by molar-refractivity contribution is -0.245. The number of carbonyl (C=O) groups excluding carboxylic acids is 1. The number of carboxylic acid groups (broad SMARTS) is 1. The van der Waals surface area contributed by atoms with Crippen LogP contribution in [0.5, 0.6) is 5.75 Å². The quantitative estimate of drug-likeness (QED) is 0.125. The van der Waals surface area contributed by atoms with E-state index in [2.05, 4.69) is 11.4 Å². The third-order valence-corrected chi connectivity index (χ3v) is 9.00. The zero-order valence-electron chi connectivity index (χ0n) is 25.8. The van der Waals surface area contributed by atoms with E-state index in [1.807, 2.05) is 91.0 Å². The van der Waals surface area contributed by atoms with Crippen LogP contribution < -0.4 is 10.1 Å². The van der Waals surface area contributed by atoms with Crippen LogP contribution in [-0.2, 0) is 32.2 Å². The molecule has 0 aromatic heterocycles. The Kier molecular flexibility index (Phi) is 11.9. The second-order valence-electron chi connectivity index (χ2n) is 11.2. The summed E-state index contributed by atoms with van der Waals surface area (Å²) >= 11 is 1.70. The highest BCUT2D eigenvalue weighted by Crippen LogP contribution is 2.41. The van der Waals surface area contributed by atoms with Crippen LogP contribution in [0.3, 0.4) is 0 Å². The molecule has 5 rings (SSSR count). The number of hydrogen-bond acceptors (Lipinski definition) is 7. The molecule has 3 atom stereocenters. The Morgan fingerprint density at radius 3 is 2.39 bits per heavy atom. The number of aliphatic hydroxyl groups is 1. The minimum Gasteiger partial charge on any atom is -0.496 e. The standard InChI is InChI=1S/C37H39NO7S/c1-43-32-11-2-3-12-34(32)46-24-31-21-33(27-17-15-25(23-39)16-18-27)45-37(44-31)30-10-5-9-29(20-30)28-8-4-7-26(19-28)22-38-35(40)13-6-14-36(41)42/h2-5,7-12,15-20,31,33,37,39H,6,13-14,21-24H2,1H3,(H,38,40)(H,41,42). The maximum Gasteiger partial charge on any atom is 0.303 e. The Balaban J connectivity index is 1.32. The van der Waals surface area contributed by atoms with Gasteiger partial charge in [-0.3, -0.25) is 9.59 Å². The van der Waals surface area contributed by atoms with Gasteiger partial charge in [0.05, 0.1) is 25.9 Å². The number of aliphatic carboxylic acids is 1. The highest BCUT2D eigenvalue weighted by atomic mass is 32.2. The van der Waals surface area contributed by atoms with Gasteiger partial charge in [-0.2, -0.15) is 0 Å². The van der Waals surface area contributed by atoms with Crippen molar-refractivity contribution in [3.05, 3.63) is 119 Å². The zero-order valence-corrected chi connectivity index (χ0v) is 26.6. The molecule has 9 heteroatoms. The van der Waals surface area contributed by atoms with E-state index in [-0.39, 0.29) is 37.6 Å². The molecule has 1 aliphatic rings. The first-order valence-electron chi connectivity index (χ1n) is 15.4. The first kappa shape index (κ1) is 33.2. The monoisotopic (exact) mass is 641 g/mol. The molecule has 0 bridgehead atoms. The van der Waals surface area contributed by atoms with Gasteiger partial charge in [0, 0.05) is 42.0 Å². The smallest absolute Gasteiger partial charge is 0.303 e. The molecule has 0 radical (unpaired) electrons. The van der Waals surface area contributed by atoms with Crippen molar-refractivity contribution < 1.29 is 34.0 Å². The Bertz CT molecular complexity index is 1610. The molecule has 240 valence electrons. The van der Waals surface area contributed by atoms with Gasteiger partial charge in [0.1, 0.15) is 5.75 Å². The summed E-state index contributed by atoms with van der Waals surface area (Å²) in [6.07, 6.45) is 0.275. The number of para-hydroxylation sites is 1. The molecule has 3 unspecified atom stereocenters. The molecule has 0 aliphatic carbocycles. The van der Waals surface area contributed by atoms with Crippen molar-refractivity contribution in [1.29, 1.82) is 0 Å². The first-order valence-corrected chi connectivity index (χ1v) is 16.3. The molecule has 4 aromatic rings. The highest BCUT2D eigenvalue weighted by Gasteiger charge is 2.32. The van der Waals surface area contributed by atoms with E-state index in [0.717, 1.165) is 49.8 Å². The molecule has 1 amide bonds.